The van der Waals surface area contributed by atoms with E-state index in [2.05, 4.69) is 23.7 Å². The zero-order valence-electron chi connectivity index (χ0n) is 10.2. The van der Waals surface area contributed by atoms with Gasteiger partial charge in [-0.15, -0.1) is 0 Å². The first-order valence-corrected chi connectivity index (χ1v) is 5.66. The average Bonchev–Trinajstić information content (AvgIpc) is 2.24. The quantitative estimate of drug-likeness (QED) is 0.588. The lowest BCUT2D eigenvalue weighted by molar-refractivity contribution is 0.776. The lowest BCUT2D eigenvalue weighted by Crippen LogP contribution is -2.25. The summed E-state index contributed by atoms with van der Waals surface area (Å²) in [6.07, 6.45) is 1.08. The number of aromatic nitrogens is 1. The standard InChI is InChI=1S/C12H20N4/c1-4-6-16(5-2)11-8-10(12(13)14)7-9(3)15-11/h7-8H,4-6H2,1-3H3,(H3,13,14). The van der Waals surface area contributed by atoms with Crippen molar-refractivity contribution in [1.82, 2.24) is 4.98 Å². The summed E-state index contributed by atoms with van der Waals surface area (Å²) in [4.78, 5) is 6.67. The van der Waals surface area contributed by atoms with E-state index in [0.29, 0.717) is 0 Å². The zero-order valence-corrected chi connectivity index (χ0v) is 10.2. The SMILES string of the molecule is CCCN(CC)c1cc(C(=N)N)cc(C)n1. The molecule has 0 unspecified atom stereocenters. The molecule has 1 aromatic rings. The Morgan fingerprint density at radius 3 is 2.62 bits per heavy atom. The van der Waals surface area contributed by atoms with Crippen LogP contribution in [0.1, 0.15) is 31.5 Å². The van der Waals surface area contributed by atoms with E-state index in [1.165, 1.54) is 0 Å². The smallest absolute Gasteiger partial charge is 0.129 e. The van der Waals surface area contributed by atoms with Crippen LogP contribution in [0.5, 0.6) is 0 Å². The van der Waals surface area contributed by atoms with Crippen molar-refractivity contribution in [3.63, 3.8) is 0 Å². The van der Waals surface area contributed by atoms with Gasteiger partial charge < -0.3 is 10.6 Å². The van der Waals surface area contributed by atoms with E-state index < -0.39 is 0 Å². The number of amidine groups is 1. The highest BCUT2D eigenvalue weighted by Gasteiger charge is 2.08. The molecule has 3 N–H and O–H groups in total. The predicted molar refractivity (Wildman–Crippen MR) is 68.2 cm³/mol. The summed E-state index contributed by atoms with van der Waals surface area (Å²) in [6, 6.07) is 3.72. The van der Waals surface area contributed by atoms with Crippen molar-refractivity contribution in [3.05, 3.63) is 23.4 Å². The monoisotopic (exact) mass is 220 g/mol. The average molecular weight is 220 g/mol. The van der Waals surface area contributed by atoms with Gasteiger partial charge in [-0.1, -0.05) is 6.92 Å². The molecular weight excluding hydrogens is 200 g/mol. The van der Waals surface area contributed by atoms with Gasteiger partial charge in [0.2, 0.25) is 0 Å². The Hall–Kier alpha value is -1.58. The van der Waals surface area contributed by atoms with Crippen molar-refractivity contribution in [1.29, 1.82) is 5.41 Å². The molecule has 0 atom stereocenters. The van der Waals surface area contributed by atoms with E-state index in [1.54, 1.807) is 0 Å². The maximum Gasteiger partial charge on any atom is 0.129 e. The van der Waals surface area contributed by atoms with E-state index >= 15 is 0 Å². The van der Waals surface area contributed by atoms with E-state index in [4.69, 9.17) is 11.1 Å². The molecular formula is C12H20N4. The summed E-state index contributed by atoms with van der Waals surface area (Å²) in [5.41, 5.74) is 7.15. The molecule has 0 radical (unpaired) electrons. The number of aryl methyl sites for hydroxylation is 1. The predicted octanol–water partition coefficient (Wildman–Crippen LogP) is 1.91. The summed E-state index contributed by atoms with van der Waals surface area (Å²) < 4.78 is 0. The van der Waals surface area contributed by atoms with Crippen molar-refractivity contribution in [2.45, 2.75) is 27.2 Å². The molecule has 1 rings (SSSR count). The van der Waals surface area contributed by atoms with Gasteiger partial charge in [-0.2, -0.15) is 0 Å². The molecule has 4 heteroatoms. The summed E-state index contributed by atoms with van der Waals surface area (Å²) in [7, 11) is 0. The van der Waals surface area contributed by atoms with Crippen LogP contribution in [-0.4, -0.2) is 23.9 Å². The highest BCUT2D eigenvalue weighted by molar-refractivity contribution is 5.95. The Morgan fingerprint density at radius 2 is 2.12 bits per heavy atom. The number of nitrogens with zero attached hydrogens (tertiary/aromatic N) is 2. The minimum Gasteiger partial charge on any atom is -0.384 e. The van der Waals surface area contributed by atoms with Gasteiger partial charge in [0.25, 0.3) is 0 Å². The molecule has 0 spiro atoms. The first kappa shape index (κ1) is 12.5. The topological polar surface area (TPSA) is 66.0 Å². The molecule has 0 aliphatic carbocycles. The second kappa shape index (κ2) is 5.49. The summed E-state index contributed by atoms with van der Waals surface area (Å²) >= 11 is 0. The Labute approximate surface area is 97.0 Å². The van der Waals surface area contributed by atoms with Crippen LogP contribution in [0.4, 0.5) is 5.82 Å². The number of pyridine rings is 1. The second-order valence-electron chi connectivity index (χ2n) is 3.85. The summed E-state index contributed by atoms with van der Waals surface area (Å²) in [5, 5.41) is 7.46. The molecule has 0 saturated heterocycles. The van der Waals surface area contributed by atoms with Gasteiger partial charge in [-0.3, -0.25) is 5.41 Å². The van der Waals surface area contributed by atoms with Gasteiger partial charge in [-0.25, -0.2) is 4.98 Å². The van der Waals surface area contributed by atoms with Crippen LogP contribution in [0.15, 0.2) is 12.1 Å². The molecule has 0 aliphatic rings. The lowest BCUT2D eigenvalue weighted by Gasteiger charge is -2.22. The minimum atomic E-state index is 0.0966. The Morgan fingerprint density at radius 1 is 1.44 bits per heavy atom. The highest BCUT2D eigenvalue weighted by Crippen LogP contribution is 2.15. The van der Waals surface area contributed by atoms with Crippen molar-refractivity contribution in [2.75, 3.05) is 18.0 Å². The van der Waals surface area contributed by atoms with E-state index in [9.17, 15) is 0 Å². The third-order valence-corrected chi connectivity index (χ3v) is 2.45. The first-order chi connectivity index (χ1) is 7.58. The van der Waals surface area contributed by atoms with E-state index in [1.807, 2.05) is 19.1 Å². The molecule has 1 aromatic heterocycles. The van der Waals surface area contributed by atoms with Gasteiger partial charge >= 0.3 is 0 Å². The number of nitrogen functional groups attached to an aromatic ring is 1. The molecule has 88 valence electrons. The fourth-order valence-electron chi connectivity index (χ4n) is 1.67. The fourth-order valence-corrected chi connectivity index (χ4v) is 1.67. The van der Waals surface area contributed by atoms with E-state index in [-0.39, 0.29) is 5.84 Å². The normalized spacial score (nSPS) is 10.2. The number of nitrogens with two attached hydrogens (primary N) is 1. The van der Waals surface area contributed by atoms with Crippen LogP contribution in [0, 0.1) is 12.3 Å². The zero-order chi connectivity index (χ0) is 12.1. The molecule has 0 aliphatic heterocycles. The maximum atomic E-state index is 7.46. The van der Waals surface area contributed by atoms with Gasteiger partial charge in [0.15, 0.2) is 0 Å². The third kappa shape index (κ3) is 2.95. The van der Waals surface area contributed by atoms with Crippen LogP contribution in [-0.2, 0) is 0 Å². The summed E-state index contributed by atoms with van der Waals surface area (Å²) in [5.74, 6) is 1.01. The van der Waals surface area contributed by atoms with Crippen LogP contribution < -0.4 is 10.6 Å². The number of anilines is 1. The second-order valence-corrected chi connectivity index (χ2v) is 3.85. The van der Waals surface area contributed by atoms with Gasteiger partial charge in [-0.05, 0) is 32.4 Å². The number of rotatable bonds is 5. The molecule has 0 bridgehead atoms. The van der Waals surface area contributed by atoms with Crippen LogP contribution in [0.3, 0.4) is 0 Å². The van der Waals surface area contributed by atoms with Crippen LogP contribution in [0.2, 0.25) is 0 Å². The van der Waals surface area contributed by atoms with Crippen molar-refractivity contribution < 1.29 is 0 Å². The third-order valence-electron chi connectivity index (χ3n) is 2.45. The number of hydrogen-bond donors (Lipinski definition) is 2. The largest absolute Gasteiger partial charge is 0.384 e. The molecule has 0 amide bonds. The molecule has 0 aromatic carbocycles. The molecule has 1 heterocycles. The van der Waals surface area contributed by atoms with Crippen molar-refractivity contribution in [3.8, 4) is 0 Å². The minimum absolute atomic E-state index is 0.0966. The fraction of sp³-hybridized carbons (Fsp3) is 0.500. The maximum absolute atomic E-state index is 7.46. The van der Waals surface area contributed by atoms with Gasteiger partial charge in [0, 0.05) is 24.3 Å². The summed E-state index contributed by atoms with van der Waals surface area (Å²) in [6.45, 7) is 8.07. The molecule has 0 fully saturated rings. The molecule has 16 heavy (non-hydrogen) atoms. The molecule has 0 saturated carbocycles. The number of hydrogen-bond acceptors (Lipinski definition) is 3. The Kier molecular flexibility index (Phi) is 4.28. The number of nitrogens with one attached hydrogen (secondary N) is 1. The van der Waals surface area contributed by atoms with Gasteiger partial charge in [0.05, 0.1) is 0 Å². The van der Waals surface area contributed by atoms with E-state index in [0.717, 1.165) is 36.6 Å². The molecule has 4 nitrogen and oxygen atoms in total. The lowest BCUT2D eigenvalue weighted by atomic mass is 10.2. The highest BCUT2D eigenvalue weighted by atomic mass is 15.2. The van der Waals surface area contributed by atoms with Crippen LogP contribution >= 0.6 is 0 Å². The Balaban J connectivity index is 3.07. The van der Waals surface area contributed by atoms with Crippen molar-refractivity contribution in [2.24, 2.45) is 5.73 Å². The Bertz CT molecular complexity index is 373. The van der Waals surface area contributed by atoms with Gasteiger partial charge in [0.1, 0.15) is 11.7 Å². The first-order valence-electron chi connectivity index (χ1n) is 5.66. The van der Waals surface area contributed by atoms with Crippen molar-refractivity contribution >= 4 is 11.7 Å². The van der Waals surface area contributed by atoms with Crippen LogP contribution in [0.25, 0.3) is 0 Å².